The van der Waals surface area contributed by atoms with Crippen molar-refractivity contribution in [3.05, 3.63) is 0 Å². The Hall–Kier alpha value is -0.0800. The third-order valence-corrected chi connectivity index (χ3v) is 0. The summed E-state index contributed by atoms with van der Waals surface area (Å²) in [7, 11) is 0. The number of nitrogens with zero attached hydrogens (tertiary/aromatic N) is 1. The molecule has 0 aromatic carbocycles. The lowest BCUT2D eigenvalue weighted by Crippen LogP contribution is -1.85. The van der Waals surface area contributed by atoms with Gasteiger partial charge in [0, 0.05) is 12.3 Å². The third kappa shape index (κ3) is 2260. The highest BCUT2D eigenvalue weighted by Crippen LogP contribution is 1.65. The van der Waals surface area contributed by atoms with Crippen molar-refractivity contribution in [2.24, 2.45) is 0 Å². The van der Waals surface area contributed by atoms with Crippen LogP contribution >= 0.6 is 0 Å². The topological polar surface area (TPSA) is 50.7 Å². The molecule has 31 valence electrons. The Morgan fingerprint density at radius 1 is 1.40 bits per heavy atom. The van der Waals surface area contributed by atoms with Crippen LogP contribution in [0.2, 0.25) is 0 Å². The van der Waals surface area contributed by atoms with Gasteiger partial charge >= 0.3 is 0 Å². The SMILES string of the molecule is CC(C)O.[N]. The minimum absolute atomic E-state index is 0. The van der Waals surface area contributed by atoms with Crippen molar-refractivity contribution in [1.82, 2.24) is 6.15 Å². The first kappa shape index (κ1) is 8.87. The van der Waals surface area contributed by atoms with Gasteiger partial charge in [0.1, 0.15) is 0 Å². The molecule has 0 bridgehead atoms. The Morgan fingerprint density at radius 2 is 1.40 bits per heavy atom. The van der Waals surface area contributed by atoms with Crippen molar-refractivity contribution < 1.29 is 5.11 Å². The second-order valence-electron chi connectivity index (χ2n) is 1.09. The standard InChI is InChI=1S/C3H8O.N/c1-3(2)4;/h3-4H,1-2H3;. The molecule has 0 unspecified atom stereocenters. The highest BCUT2D eigenvalue weighted by molar-refractivity contribution is 4.20. The number of aliphatic hydroxyl groups excluding tert-OH is 1. The van der Waals surface area contributed by atoms with E-state index in [1.165, 1.54) is 0 Å². The maximum Gasteiger partial charge on any atom is 0.0483 e. The first-order valence-corrected chi connectivity index (χ1v) is 1.41. The lowest BCUT2D eigenvalue weighted by Gasteiger charge is -1.80. The van der Waals surface area contributed by atoms with Crippen LogP contribution in [-0.4, -0.2) is 11.2 Å². The van der Waals surface area contributed by atoms with E-state index in [0.29, 0.717) is 0 Å². The van der Waals surface area contributed by atoms with Gasteiger partial charge in [-0.25, -0.2) is 0 Å². The zero-order chi connectivity index (χ0) is 3.58. The molecule has 0 atom stereocenters. The van der Waals surface area contributed by atoms with Gasteiger partial charge in [-0.3, -0.25) is 0 Å². The lowest BCUT2D eigenvalue weighted by atomic mass is 10.5. The Morgan fingerprint density at radius 3 is 1.40 bits per heavy atom. The fourth-order valence-electron chi connectivity index (χ4n) is 0. The number of hydrogen-bond donors (Lipinski definition) is 1. The minimum Gasteiger partial charge on any atom is -0.394 e. The molecule has 0 aromatic heterocycles. The predicted molar refractivity (Wildman–Crippen MR) is 19.5 cm³/mol. The third-order valence-electron chi connectivity index (χ3n) is 0. The molecular formula is C3H8NO. The summed E-state index contributed by atoms with van der Waals surface area (Å²) in [4.78, 5) is 0. The summed E-state index contributed by atoms with van der Waals surface area (Å²) >= 11 is 0. The summed E-state index contributed by atoms with van der Waals surface area (Å²) in [6, 6.07) is 0. The van der Waals surface area contributed by atoms with Crippen LogP contribution in [0, 0.1) is 0 Å². The Labute approximate surface area is 32.4 Å². The van der Waals surface area contributed by atoms with E-state index in [-0.39, 0.29) is 12.3 Å². The van der Waals surface area contributed by atoms with Crippen LogP contribution in [0.15, 0.2) is 0 Å². The Kier molecular flexibility index (Phi) is 6.95. The van der Waals surface area contributed by atoms with Crippen LogP contribution in [-0.2, 0) is 0 Å². The smallest absolute Gasteiger partial charge is 0.0483 e. The molecule has 0 saturated carbocycles. The molecule has 2 nitrogen and oxygen atoms in total. The van der Waals surface area contributed by atoms with Crippen LogP contribution in [0.3, 0.4) is 0 Å². The fraction of sp³-hybridized carbons (Fsp3) is 1.00. The molecular weight excluding hydrogens is 66.0 g/mol. The minimum atomic E-state index is -0.167. The first-order chi connectivity index (χ1) is 1.73. The maximum atomic E-state index is 8.06. The second kappa shape index (κ2) is 3.92. The molecule has 3 radical (unpaired) electrons. The summed E-state index contributed by atoms with van der Waals surface area (Å²) < 4.78 is 0. The predicted octanol–water partition coefficient (Wildman–Crippen LogP) is -0.0935. The van der Waals surface area contributed by atoms with E-state index in [0.717, 1.165) is 0 Å². The van der Waals surface area contributed by atoms with Crippen molar-refractivity contribution >= 4 is 0 Å². The molecule has 0 aromatic rings. The van der Waals surface area contributed by atoms with Crippen molar-refractivity contribution in [2.75, 3.05) is 0 Å². The normalized spacial score (nSPS) is 7.20. The molecule has 0 rings (SSSR count). The number of hydrogen-bond acceptors (Lipinski definition) is 1. The quantitative estimate of drug-likeness (QED) is 0.428. The van der Waals surface area contributed by atoms with Crippen molar-refractivity contribution in [1.29, 1.82) is 0 Å². The fourth-order valence-corrected chi connectivity index (χ4v) is 0. The van der Waals surface area contributed by atoms with Gasteiger partial charge in [-0.15, -0.1) is 0 Å². The van der Waals surface area contributed by atoms with E-state index in [1.807, 2.05) is 0 Å². The summed E-state index contributed by atoms with van der Waals surface area (Å²) in [5.41, 5.74) is 0. The zero-order valence-corrected chi connectivity index (χ0v) is 3.47. The van der Waals surface area contributed by atoms with Crippen LogP contribution < -0.4 is 6.15 Å². The summed E-state index contributed by atoms with van der Waals surface area (Å²) in [6.07, 6.45) is -0.167. The lowest BCUT2D eigenvalue weighted by molar-refractivity contribution is 0.216. The summed E-state index contributed by atoms with van der Waals surface area (Å²) in [5.74, 6) is 0. The molecule has 0 aliphatic heterocycles. The van der Waals surface area contributed by atoms with Crippen LogP contribution in [0.25, 0.3) is 0 Å². The molecule has 0 heterocycles. The van der Waals surface area contributed by atoms with E-state index < -0.39 is 0 Å². The zero-order valence-electron chi connectivity index (χ0n) is 3.47. The van der Waals surface area contributed by atoms with Crippen LogP contribution in [0.1, 0.15) is 13.8 Å². The average molecular weight is 74.1 g/mol. The monoisotopic (exact) mass is 74.1 g/mol. The van der Waals surface area contributed by atoms with E-state index in [4.69, 9.17) is 5.11 Å². The molecule has 5 heavy (non-hydrogen) atoms. The molecule has 1 N–H and O–H groups in total. The number of aliphatic hydroxyl groups is 1. The van der Waals surface area contributed by atoms with Crippen molar-refractivity contribution in [3.8, 4) is 0 Å². The average Bonchev–Trinajstić information content (AvgIpc) is 0.811. The van der Waals surface area contributed by atoms with Gasteiger partial charge in [0.25, 0.3) is 0 Å². The summed E-state index contributed by atoms with van der Waals surface area (Å²) in [5, 5.41) is 8.06. The molecule has 0 saturated heterocycles. The van der Waals surface area contributed by atoms with Crippen LogP contribution in [0.5, 0.6) is 0 Å². The Balaban J connectivity index is 0. The molecule has 2 heteroatoms. The van der Waals surface area contributed by atoms with E-state index in [2.05, 4.69) is 0 Å². The van der Waals surface area contributed by atoms with E-state index in [1.54, 1.807) is 13.8 Å². The van der Waals surface area contributed by atoms with Crippen molar-refractivity contribution in [2.45, 2.75) is 20.0 Å². The van der Waals surface area contributed by atoms with Gasteiger partial charge in [0.2, 0.25) is 0 Å². The largest absolute Gasteiger partial charge is 0.394 e. The second-order valence-corrected chi connectivity index (χ2v) is 1.09. The molecule has 0 fully saturated rings. The molecule has 0 amide bonds. The van der Waals surface area contributed by atoms with Gasteiger partial charge < -0.3 is 5.11 Å². The molecule has 0 aliphatic carbocycles. The maximum absolute atomic E-state index is 8.06. The van der Waals surface area contributed by atoms with Gasteiger partial charge in [-0.1, -0.05) is 0 Å². The molecule has 0 spiro atoms. The van der Waals surface area contributed by atoms with Gasteiger partial charge in [-0.05, 0) is 13.8 Å². The first-order valence-electron chi connectivity index (χ1n) is 1.41. The van der Waals surface area contributed by atoms with Crippen molar-refractivity contribution in [3.63, 3.8) is 0 Å². The molecule has 0 aliphatic rings. The van der Waals surface area contributed by atoms with Gasteiger partial charge in [0.15, 0.2) is 0 Å². The van der Waals surface area contributed by atoms with Gasteiger partial charge in [0.05, 0.1) is 0 Å². The number of rotatable bonds is 0. The highest BCUT2D eigenvalue weighted by Gasteiger charge is 1.69. The van der Waals surface area contributed by atoms with E-state index >= 15 is 0 Å². The Bertz CT molecular complexity index is 11.6. The van der Waals surface area contributed by atoms with E-state index in [9.17, 15) is 0 Å². The van der Waals surface area contributed by atoms with Gasteiger partial charge in [-0.2, -0.15) is 0 Å². The van der Waals surface area contributed by atoms with Crippen LogP contribution in [0.4, 0.5) is 0 Å². The summed E-state index contributed by atoms with van der Waals surface area (Å²) in [6.45, 7) is 3.44. The highest BCUT2D eigenvalue weighted by atomic mass is 16.3.